The number of hydrogen-bond donors (Lipinski definition) is 1. The number of aliphatic hydroxyl groups is 1. The number of allylic oxidation sites excluding steroid dienone is 2. The lowest BCUT2D eigenvalue weighted by molar-refractivity contribution is -0.151. The summed E-state index contributed by atoms with van der Waals surface area (Å²) in [5, 5.41) is 10.6. The Morgan fingerprint density at radius 3 is 2.36 bits per heavy atom. The molecule has 0 bridgehead atoms. The van der Waals surface area contributed by atoms with E-state index >= 15 is 0 Å². The molecule has 0 amide bonds. The molecular formula is C19H28O6. The van der Waals surface area contributed by atoms with Gasteiger partial charge in [-0.25, -0.2) is 4.79 Å². The van der Waals surface area contributed by atoms with Gasteiger partial charge in [0.25, 0.3) is 0 Å². The summed E-state index contributed by atoms with van der Waals surface area (Å²) >= 11 is 0. The standard InChI is InChI=1S/C19H28O6/c1-13(16(22)25-17(3,4)5)8-7-10-19(11-9-14(2)20)18(6,23)12-15(21)24-19/h7-8,10,23H,9,11-12H2,1-6H3/b10-7+,13-8+/t18-,19+/m1/s1. The summed E-state index contributed by atoms with van der Waals surface area (Å²) in [7, 11) is 0. The van der Waals surface area contributed by atoms with E-state index in [4.69, 9.17) is 9.47 Å². The molecule has 0 aromatic carbocycles. The molecule has 1 aliphatic rings. The van der Waals surface area contributed by atoms with Crippen LogP contribution in [0.3, 0.4) is 0 Å². The van der Waals surface area contributed by atoms with Crippen LogP contribution < -0.4 is 0 Å². The Balaban J connectivity index is 3.00. The highest BCUT2D eigenvalue weighted by molar-refractivity contribution is 5.88. The van der Waals surface area contributed by atoms with E-state index in [0.29, 0.717) is 5.57 Å². The summed E-state index contributed by atoms with van der Waals surface area (Å²) in [4.78, 5) is 35.0. The minimum absolute atomic E-state index is 0.0630. The van der Waals surface area contributed by atoms with Gasteiger partial charge in [0.1, 0.15) is 17.0 Å². The van der Waals surface area contributed by atoms with Crippen molar-refractivity contribution in [3.8, 4) is 0 Å². The molecule has 1 saturated heterocycles. The average Bonchev–Trinajstić information content (AvgIpc) is 2.63. The van der Waals surface area contributed by atoms with Gasteiger partial charge in [0.2, 0.25) is 0 Å². The van der Waals surface area contributed by atoms with Crippen molar-refractivity contribution < 1.29 is 29.0 Å². The average molecular weight is 352 g/mol. The third-order valence-corrected chi connectivity index (χ3v) is 3.98. The van der Waals surface area contributed by atoms with Crippen LogP contribution in [0.4, 0.5) is 0 Å². The van der Waals surface area contributed by atoms with E-state index in [1.165, 1.54) is 26.0 Å². The van der Waals surface area contributed by atoms with Crippen LogP contribution in [-0.4, -0.2) is 39.6 Å². The SMILES string of the molecule is CC(=O)CC[C@]1(/C=C/C=C(\C)C(=O)OC(C)(C)C)OC(=O)C[C@@]1(C)O. The molecule has 0 radical (unpaired) electrons. The van der Waals surface area contributed by atoms with Crippen molar-refractivity contribution >= 4 is 17.7 Å². The third kappa shape index (κ3) is 5.81. The first-order valence-corrected chi connectivity index (χ1v) is 8.31. The van der Waals surface area contributed by atoms with E-state index < -0.39 is 28.7 Å². The monoisotopic (exact) mass is 352 g/mol. The van der Waals surface area contributed by atoms with Gasteiger partial charge in [-0.15, -0.1) is 0 Å². The second-order valence-electron chi connectivity index (χ2n) is 7.73. The molecule has 0 aromatic rings. The maximum Gasteiger partial charge on any atom is 0.334 e. The summed E-state index contributed by atoms with van der Waals surface area (Å²) < 4.78 is 10.6. The highest BCUT2D eigenvalue weighted by Crippen LogP contribution is 2.41. The molecule has 0 spiro atoms. The zero-order valence-electron chi connectivity index (χ0n) is 15.8. The molecule has 25 heavy (non-hydrogen) atoms. The molecule has 1 rings (SSSR count). The Hall–Kier alpha value is -1.95. The molecule has 0 saturated carbocycles. The number of rotatable bonds is 6. The van der Waals surface area contributed by atoms with Crippen LogP contribution in [0.1, 0.15) is 60.8 Å². The maximum absolute atomic E-state index is 12.0. The Kier molecular flexibility index (Phi) is 6.34. The maximum atomic E-state index is 12.0. The van der Waals surface area contributed by atoms with Crippen LogP contribution in [0.25, 0.3) is 0 Å². The van der Waals surface area contributed by atoms with Crippen LogP contribution >= 0.6 is 0 Å². The molecule has 0 aliphatic carbocycles. The highest BCUT2D eigenvalue weighted by Gasteiger charge is 2.55. The molecule has 6 nitrogen and oxygen atoms in total. The fourth-order valence-corrected chi connectivity index (χ4v) is 2.53. The smallest absolute Gasteiger partial charge is 0.334 e. The van der Waals surface area contributed by atoms with Crippen LogP contribution in [0.15, 0.2) is 23.8 Å². The van der Waals surface area contributed by atoms with E-state index in [9.17, 15) is 19.5 Å². The Labute approximate surface area is 148 Å². The van der Waals surface area contributed by atoms with Gasteiger partial charge in [-0.2, -0.15) is 0 Å². The number of cyclic esters (lactones) is 1. The number of carbonyl (C=O) groups excluding carboxylic acids is 3. The molecule has 140 valence electrons. The zero-order valence-corrected chi connectivity index (χ0v) is 15.8. The van der Waals surface area contributed by atoms with Crippen molar-refractivity contribution in [2.45, 2.75) is 77.6 Å². The molecule has 1 fully saturated rings. The lowest BCUT2D eigenvalue weighted by atomic mass is 9.80. The van der Waals surface area contributed by atoms with Gasteiger partial charge in [-0.3, -0.25) is 4.79 Å². The van der Waals surface area contributed by atoms with Gasteiger partial charge in [-0.1, -0.05) is 12.2 Å². The fourth-order valence-electron chi connectivity index (χ4n) is 2.53. The van der Waals surface area contributed by atoms with Gasteiger partial charge in [0.05, 0.1) is 6.42 Å². The molecule has 2 atom stereocenters. The number of hydrogen-bond acceptors (Lipinski definition) is 6. The lowest BCUT2D eigenvalue weighted by Gasteiger charge is -2.34. The van der Waals surface area contributed by atoms with Gasteiger partial charge >= 0.3 is 11.9 Å². The highest BCUT2D eigenvalue weighted by atomic mass is 16.6. The second kappa shape index (κ2) is 7.52. The molecule has 6 heteroatoms. The first-order valence-electron chi connectivity index (χ1n) is 8.31. The molecule has 0 aromatic heterocycles. The van der Waals surface area contributed by atoms with Crippen LogP contribution in [0, 0.1) is 0 Å². The lowest BCUT2D eigenvalue weighted by Crippen LogP contribution is -2.47. The van der Waals surface area contributed by atoms with Crippen molar-refractivity contribution in [2.24, 2.45) is 0 Å². The third-order valence-electron chi connectivity index (χ3n) is 3.98. The molecular weight excluding hydrogens is 324 g/mol. The van der Waals surface area contributed by atoms with Crippen molar-refractivity contribution in [1.82, 2.24) is 0 Å². The van der Waals surface area contributed by atoms with E-state index in [1.54, 1.807) is 33.8 Å². The molecule has 1 N–H and O–H groups in total. The summed E-state index contributed by atoms with van der Waals surface area (Å²) in [5.74, 6) is -1.04. The van der Waals surface area contributed by atoms with Crippen LogP contribution in [-0.2, 0) is 23.9 Å². The normalized spacial score (nSPS) is 27.5. The second-order valence-corrected chi connectivity index (χ2v) is 7.73. The van der Waals surface area contributed by atoms with Gasteiger partial charge < -0.3 is 19.4 Å². The fraction of sp³-hybridized carbons (Fsp3) is 0.632. The number of esters is 2. The Bertz CT molecular complexity index is 606. The van der Waals surface area contributed by atoms with E-state index in [0.717, 1.165) is 0 Å². The quantitative estimate of drug-likeness (QED) is 0.449. The number of ether oxygens (including phenoxy) is 2. The number of ketones is 1. The van der Waals surface area contributed by atoms with Crippen molar-refractivity contribution in [2.75, 3.05) is 0 Å². The van der Waals surface area contributed by atoms with Gasteiger partial charge in [0, 0.05) is 18.4 Å². The topological polar surface area (TPSA) is 89.9 Å². The summed E-state index contributed by atoms with van der Waals surface area (Å²) in [5.41, 5.74) is -2.94. The first kappa shape index (κ1) is 21.1. The molecule has 0 unspecified atom stereocenters. The summed E-state index contributed by atoms with van der Waals surface area (Å²) in [6, 6.07) is 0. The minimum Gasteiger partial charge on any atom is -0.457 e. The molecule has 1 heterocycles. The van der Waals surface area contributed by atoms with Gasteiger partial charge in [-0.05, 0) is 47.6 Å². The first-order chi connectivity index (χ1) is 11.3. The Morgan fingerprint density at radius 2 is 1.92 bits per heavy atom. The predicted molar refractivity (Wildman–Crippen MR) is 92.7 cm³/mol. The van der Waals surface area contributed by atoms with Crippen LogP contribution in [0.2, 0.25) is 0 Å². The Morgan fingerprint density at radius 1 is 1.32 bits per heavy atom. The summed E-state index contributed by atoms with van der Waals surface area (Å²) in [6.45, 7) is 9.89. The summed E-state index contributed by atoms with van der Waals surface area (Å²) in [6.07, 6.45) is 4.82. The number of carbonyl (C=O) groups is 3. The largest absolute Gasteiger partial charge is 0.457 e. The van der Waals surface area contributed by atoms with E-state index in [2.05, 4.69) is 0 Å². The van der Waals surface area contributed by atoms with Crippen molar-refractivity contribution in [3.63, 3.8) is 0 Å². The minimum atomic E-state index is -1.43. The van der Waals surface area contributed by atoms with Crippen molar-refractivity contribution in [3.05, 3.63) is 23.8 Å². The number of Topliss-reactive ketones (excluding diaryl/α,β-unsaturated/α-hetero) is 1. The van der Waals surface area contributed by atoms with E-state index in [-0.39, 0.29) is 25.0 Å². The van der Waals surface area contributed by atoms with Crippen molar-refractivity contribution in [1.29, 1.82) is 0 Å². The predicted octanol–water partition coefficient (Wildman–Crippen LogP) is 2.64. The van der Waals surface area contributed by atoms with Crippen LogP contribution in [0.5, 0.6) is 0 Å². The zero-order chi connectivity index (χ0) is 19.5. The molecule has 1 aliphatic heterocycles. The van der Waals surface area contributed by atoms with E-state index in [1.807, 2.05) is 0 Å². The van der Waals surface area contributed by atoms with Gasteiger partial charge in [0.15, 0.2) is 5.60 Å².